The average Bonchev–Trinajstić information content (AvgIpc) is 3.07. The van der Waals surface area contributed by atoms with Crippen LogP contribution in [-0.2, 0) is 6.42 Å². The first-order valence-corrected chi connectivity index (χ1v) is 9.50. The molecule has 28 heavy (non-hydrogen) atoms. The maximum Gasteiger partial charge on any atom is 0.182 e. The Bertz CT molecular complexity index is 1120. The minimum absolute atomic E-state index is 0.0264. The zero-order chi connectivity index (χ0) is 20.4. The summed E-state index contributed by atoms with van der Waals surface area (Å²) in [7, 11) is 1.98. The highest BCUT2D eigenvalue weighted by atomic mass is 32.1. The molecule has 3 rings (SSSR count). The van der Waals surface area contributed by atoms with E-state index < -0.39 is 0 Å². The van der Waals surface area contributed by atoms with Crippen LogP contribution in [-0.4, -0.2) is 33.4 Å². The van der Waals surface area contributed by atoms with Crippen molar-refractivity contribution in [1.29, 1.82) is 0 Å². The Morgan fingerprint density at radius 3 is 2.61 bits per heavy atom. The summed E-state index contributed by atoms with van der Waals surface area (Å²) in [6, 6.07) is 8.96. The molecule has 0 atom stereocenters. The molecule has 5 nitrogen and oxygen atoms in total. The number of nitrogens with one attached hydrogen (secondary N) is 1. The van der Waals surface area contributed by atoms with E-state index >= 15 is 0 Å². The van der Waals surface area contributed by atoms with Gasteiger partial charge in [-0.15, -0.1) is 6.42 Å². The number of aromatic nitrogens is 2. The fraction of sp³-hybridized carbons (Fsp3) is 0.227. The van der Waals surface area contributed by atoms with Crippen molar-refractivity contribution in [3.8, 4) is 40.8 Å². The number of anilines is 1. The fourth-order valence-electron chi connectivity index (χ4n) is 3.27. The predicted octanol–water partition coefficient (Wildman–Crippen LogP) is 4.61. The minimum atomic E-state index is -0.0264. The summed E-state index contributed by atoms with van der Waals surface area (Å²) >= 11 is 5.52. The van der Waals surface area contributed by atoms with Crippen LogP contribution in [0.3, 0.4) is 0 Å². The van der Waals surface area contributed by atoms with Crippen molar-refractivity contribution in [2.24, 2.45) is 0 Å². The van der Waals surface area contributed by atoms with E-state index in [0.29, 0.717) is 22.4 Å². The van der Waals surface area contributed by atoms with Crippen LogP contribution in [0, 0.1) is 17.1 Å². The number of rotatable bonds is 5. The van der Waals surface area contributed by atoms with Crippen molar-refractivity contribution in [2.75, 3.05) is 18.5 Å². The number of nitrogens with zero attached hydrogens (tertiary/aromatic N) is 2. The fourth-order valence-corrected chi connectivity index (χ4v) is 3.52. The predicted molar refractivity (Wildman–Crippen MR) is 116 cm³/mol. The Hall–Kier alpha value is -3.17. The quantitative estimate of drug-likeness (QED) is 0.437. The van der Waals surface area contributed by atoms with E-state index in [-0.39, 0.29) is 11.5 Å². The molecule has 3 aromatic rings. The number of aryl methyl sites for hydroxylation is 1. The van der Waals surface area contributed by atoms with Gasteiger partial charge in [0, 0.05) is 31.4 Å². The summed E-state index contributed by atoms with van der Waals surface area (Å²) in [5, 5.41) is 20.5. The second kappa shape index (κ2) is 7.83. The third-order valence-corrected chi connectivity index (χ3v) is 5.22. The summed E-state index contributed by atoms with van der Waals surface area (Å²) in [6.07, 6.45) is 8.24. The summed E-state index contributed by atoms with van der Waals surface area (Å²) in [5.41, 5.74) is 4.39. The zero-order valence-corrected chi connectivity index (χ0v) is 17.0. The van der Waals surface area contributed by atoms with Gasteiger partial charge in [-0.2, -0.15) is 0 Å². The summed E-state index contributed by atoms with van der Waals surface area (Å²) in [5.74, 6) is 2.84. The van der Waals surface area contributed by atoms with Crippen LogP contribution in [0.4, 0.5) is 5.69 Å². The Kier molecular flexibility index (Phi) is 5.48. The largest absolute Gasteiger partial charge is 0.508 e. The molecule has 0 unspecified atom stereocenters. The van der Waals surface area contributed by atoms with E-state index in [2.05, 4.69) is 22.7 Å². The number of phenols is 2. The van der Waals surface area contributed by atoms with E-state index in [1.165, 1.54) is 6.07 Å². The minimum Gasteiger partial charge on any atom is -0.508 e. The number of terminal acetylenes is 1. The van der Waals surface area contributed by atoms with Gasteiger partial charge in [0.1, 0.15) is 11.5 Å². The summed E-state index contributed by atoms with van der Waals surface area (Å²) in [4.78, 5) is 5.12. The summed E-state index contributed by atoms with van der Waals surface area (Å²) < 4.78 is 2.29. The number of hydrogen-bond acceptors (Lipinski definition) is 4. The van der Waals surface area contributed by atoms with Crippen molar-refractivity contribution >= 4 is 17.9 Å². The number of imidazole rings is 1. The van der Waals surface area contributed by atoms with Gasteiger partial charge in [-0.3, -0.25) is 4.57 Å². The molecule has 0 aliphatic rings. The number of aromatic amines is 1. The molecule has 1 aromatic heterocycles. The van der Waals surface area contributed by atoms with Crippen molar-refractivity contribution in [3.63, 3.8) is 0 Å². The van der Waals surface area contributed by atoms with E-state index in [4.69, 9.17) is 18.6 Å². The first-order chi connectivity index (χ1) is 13.4. The number of benzene rings is 2. The van der Waals surface area contributed by atoms with Gasteiger partial charge in [-0.1, -0.05) is 18.9 Å². The monoisotopic (exact) mass is 393 g/mol. The van der Waals surface area contributed by atoms with Crippen LogP contribution < -0.4 is 4.90 Å². The average molecular weight is 394 g/mol. The Morgan fingerprint density at radius 1 is 1.21 bits per heavy atom. The molecule has 0 radical (unpaired) electrons. The van der Waals surface area contributed by atoms with Crippen LogP contribution in [0.5, 0.6) is 11.5 Å². The standard InChI is InChI=1S/C22H23N3O2S/c1-5-14-11-16(21(27)12-20(14)26)19-13-23-22(28)25(19)18-10-8-9-17(15(18)6-2)24(4)7-3/h2,8-13,26-27H,5,7H2,1,3-4H3,(H,23,28). The molecular weight excluding hydrogens is 370 g/mol. The van der Waals surface area contributed by atoms with Crippen LogP contribution in [0.25, 0.3) is 16.9 Å². The van der Waals surface area contributed by atoms with Gasteiger partial charge in [0.05, 0.1) is 22.6 Å². The Morgan fingerprint density at radius 2 is 1.96 bits per heavy atom. The molecule has 0 fully saturated rings. The molecule has 3 N–H and O–H groups in total. The van der Waals surface area contributed by atoms with Gasteiger partial charge in [-0.25, -0.2) is 0 Å². The lowest BCUT2D eigenvalue weighted by Gasteiger charge is -2.21. The van der Waals surface area contributed by atoms with E-state index in [1.54, 1.807) is 12.3 Å². The molecule has 1 heterocycles. The van der Waals surface area contributed by atoms with Crippen LogP contribution in [0.15, 0.2) is 36.5 Å². The van der Waals surface area contributed by atoms with E-state index in [9.17, 15) is 10.2 Å². The third kappa shape index (κ3) is 3.25. The smallest absolute Gasteiger partial charge is 0.182 e. The Labute approximate surface area is 169 Å². The zero-order valence-electron chi connectivity index (χ0n) is 16.2. The molecule has 2 aromatic carbocycles. The lowest BCUT2D eigenvalue weighted by Crippen LogP contribution is -2.18. The van der Waals surface area contributed by atoms with Gasteiger partial charge in [0.15, 0.2) is 4.77 Å². The van der Waals surface area contributed by atoms with Crippen LogP contribution in [0.2, 0.25) is 0 Å². The third-order valence-electron chi connectivity index (χ3n) is 4.92. The SMILES string of the molecule is C#Cc1c(N(C)CC)cccc1-n1c(-c2cc(CC)c(O)cc2O)c[nH]c1=S. The highest BCUT2D eigenvalue weighted by Crippen LogP contribution is 2.37. The van der Waals surface area contributed by atoms with Crippen molar-refractivity contribution < 1.29 is 10.2 Å². The molecule has 144 valence electrons. The van der Waals surface area contributed by atoms with Gasteiger partial charge >= 0.3 is 0 Å². The Balaban J connectivity index is 2.31. The highest BCUT2D eigenvalue weighted by Gasteiger charge is 2.18. The number of hydrogen-bond donors (Lipinski definition) is 3. The molecule has 0 bridgehead atoms. The second-order valence-corrected chi connectivity index (χ2v) is 6.88. The van der Waals surface area contributed by atoms with Crippen molar-refractivity contribution in [1.82, 2.24) is 9.55 Å². The molecule has 6 heteroatoms. The van der Waals surface area contributed by atoms with Gasteiger partial charge in [0.25, 0.3) is 0 Å². The molecule has 0 amide bonds. The molecule has 0 spiro atoms. The number of aromatic hydroxyl groups is 2. The first kappa shape index (κ1) is 19.6. The molecule has 0 aliphatic carbocycles. The van der Waals surface area contributed by atoms with Gasteiger partial charge in [0.2, 0.25) is 0 Å². The van der Waals surface area contributed by atoms with Gasteiger partial charge < -0.3 is 20.1 Å². The molecule has 0 aliphatic heterocycles. The van der Waals surface area contributed by atoms with E-state index in [1.807, 2.05) is 36.7 Å². The number of H-pyrrole nitrogens is 1. The van der Waals surface area contributed by atoms with Gasteiger partial charge in [-0.05, 0) is 49.3 Å². The second-order valence-electron chi connectivity index (χ2n) is 6.50. The first-order valence-electron chi connectivity index (χ1n) is 9.09. The summed E-state index contributed by atoms with van der Waals surface area (Å²) in [6.45, 7) is 4.81. The lowest BCUT2D eigenvalue weighted by atomic mass is 10.0. The van der Waals surface area contributed by atoms with Crippen molar-refractivity contribution in [2.45, 2.75) is 20.3 Å². The molecule has 0 saturated heterocycles. The van der Waals surface area contributed by atoms with Crippen LogP contribution in [0.1, 0.15) is 25.0 Å². The van der Waals surface area contributed by atoms with E-state index in [0.717, 1.165) is 29.0 Å². The topological polar surface area (TPSA) is 64.4 Å². The van der Waals surface area contributed by atoms with Crippen molar-refractivity contribution in [3.05, 3.63) is 52.4 Å². The normalized spacial score (nSPS) is 10.6. The maximum atomic E-state index is 10.5. The van der Waals surface area contributed by atoms with Crippen LogP contribution >= 0.6 is 12.2 Å². The lowest BCUT2D eigenvalue weighted by molar-refractivity contribution is 0.447. The number of phenolic OH excluding ortho intramolecular Hbond substituents is 2. The molecular formula is C22H23N3O2S. The maximum absolute atomic E-state index is 10.5. The molecule has 0 saturated carbocycles. The highest BCUT2D eigenvalue weighted by molar-refractivity contribution is 7.71.